The summed E-state index contributed by atoms with van der Waals surface area (Å²) in [6.45, 7) is 1.94. The number of carbonyl (C=O) groups is 1. The molecule has 1 heterocycles. The van der Waals surface area contributed by atoms with Crippen LogP contribution in [0.15, 0.2) is 35.7 Å². The van der Waals surface area contributed by atoms with Crippen LogP contribution >= 0.6 is 11.3 Å². The molecular formula is C14H15NO2S. The molecule has 0 spiro atoms. The lowest BCUT2D eigenvalue weighted by Crippen LogP contribution is -2.06. The Hall–Kier alpha value is -1.68. The number of rotatable bonds is 5. The highest BCUT2D eigenvalue weighted by atomic mass is 32.1. The molecule has 1 aromatic carbocycles. The lowest BCUT2D eigenvalue weighted by molar-refractivity contribution is -0.137. The van der Waals surface area contributed by atoms with Gasteiger partial charge in [0.15, 0.2) is 0 Å². The Morgan fingerprint density at radius 3 is 2.78 bits per heavy atom. The van der Waals surface area contributed by atoms with Crippen LogP contribution in [0.2, 0.25) is 0 Å². The molecule has 94 valence electrons. The fourth-order valence-corrected chi connectivity index (χ4v) is 2.78. The Labute approximate surface area is 110 Å². The Bertz CT molecular complexity index is 522. The number of carboxylic acids is 1. The summed E-state index contributed by atoms with van der Waals surface area (Å²) in [5.74, 6) is -0.625. The van der Waals surface area contributed by atoms with Gasteiger partial charge in [0, 0.05) is 23.8 Å². The summed E-state index contributed by atoms with van der Waals surface area (Å²) in [4.78, 5) is 15.2. The first-order valence-corrected chi connectivity index (χ1v) is 6.74. The van der Waals surface area contributed by atoms with Gasteiger partial charge in [0.25, 0.3) is 0 Å². The lowest BCUT2D eigenvalue weighted by atomic mass is 10.1. The van der Waals surface area contributed by atoms with Gasteiger partial charge >= 0.3 is 5.97 Å². The molecule has 0 saturated carbocycles. The largest absolute Gasteiger partial charge is 0.481 e. The Morgan fingerprint density at radius 1 is 1.39 bits per heavy atom. The number of thiazole rings is 1. The molecule has 1 aromatic heterocycles. The quantitative estimate of drug-likeness (QED) is 0.896. The summed E-state index contributed by atoms with van der Waals surface area (Å²) in [6, 6.07) is 10.0. The van der Waals surface area contributed by atoms with Crippen molar-refractivity contribution < 1.29 is 9.90 Å². The third kappa shape index (κ3) is 3.40. The van der Waals surface area contributed by atoms with E-state index in [-0.39, 0.29) is 12.3 Å². The number of aliphatic carboxylic acids is 1. The van der Waals surface area contributed by atoms with Gasteiger partial charge in [-0.25, -0.2) is 4.98 Å². The summed E-state index contributed by atoms with van der Waals surface area (Å²) in [7, 11) is 0. The predicted octanol–water partition coefficient (Wildman–Crippen LogP) is 3.46. The molecular weight excluding hydrogens is 246 g/mol. The zero-order chi connectivity index (χ0) is 13.0. The first kappa shape index (κ1) is 12.8. The second-order valence-electron chi connectivity index (χ2n) is 4.40. The molecule has 0 amide bonds. The molecule has 0 bridgehead atoms. The highest BCUT2D eigenvalue weighted by Crippen LogP contribution is 2.23. The second kappa shape index (κ2) is 5.78. The molecule has 2 rings (SSSR count). The standard InChI is InChI=1S/C14H15NO2S/c1-10(8-14(16)17)7-13-15-12(9-18-13)11-5-3-2-4-6-11/h2-6,9-10H,7-8H2,1H3,(H,16,17). The molecule has 2 aromatic rings. The minimum absolute atomic E-state index is 0.122. The van der Waals surface area contributed by atoms with Crippen molar-refractivity contribution in [2.75, 3.05) is 0 Å². The molecule has 0 aliphatic rings. The predicted molar refractivity (Wildman–Crippen MR) is 72.7 cm³/mol. The van der Waals surface area contributed by atoms with E-state index in [4.69, 9.17) is 5.11 Å². The normalized spacial score (nSPS) is 12.3. The summed E-state index contributed by atoms with van der Waals surface area (Å²) < 4.78 is 0. The minimum atomic E-state index is -0.748. The number of nitrogens with zero attached hydrogens (tertiary/aromatic N) is 1. The minimum Gasteiger partial charge on any atom is -0.481 e. The van der Waals surface area contributed by atoms with Gasteiger partial charge in [-0.1, -0.05) is 37.3 Å². The molecule has 0 aliphatic carbocycles. The molecule has 4 heteroatoms. The van der Waals surface area contributed by atoms with Gasteiger partial charge in [0.1, 0.15) is 0 Å². The van der Waals surface area contributed by atoms with Crippen molar-refractivity contribution in [3.05, 3.63) is 40.7 Å². The molecule has 18 heavy (non-hydrogen) atoms. The molecule has 0 saturated heterocycles. The molecule has 0 radical (unpaired) electrons. The van der Waals surface area contributed by atoms with Crippen molar-refractivity contribution in [2.24, 2.45) is 5.92 Å². The van der Waals surface area contributed by atoms with E-state index in [2.05, 4.69) is 4.98 Å². The third-order valence-corrected chi connectivity index (χ3v) is 3.54. The van der Waals surface area contributed by atoms with Crippen molar-refractivity contribution >= 4 is 17.3 Å². The van der Waals surface area contributed by atoms with Crippen LogP contribution in [-0.4, -0.2) is 16.1 Å². The van der Waals surface area contributed by atoms with Crippen molar-refractivity contribution in [3.8, 4) is 11.3 Å². The Morgan fingerprint density at radius 2 is 2.11 bits per heavy atom. The van der Waals surface area contributed by atoms with Gasteiger partial charge in [-0.05, 0) is 5.92 Å². The van der Waals surface area contributed by atoms with Crippen LogP contribution in [0.4, 0.5) is 0 Å². The van der Waals surface area contributed by atoms with Gasteiger partial charge in [-0.3, -0.25) is 4.79 Å². The van der Waals surface area contributed by atoms with E-state index in [9.17, 15) is 4.79 Å². The fourth-order valence-electron chi connectivity index (χ4n) is 1.81. The fraction of sp³-hybridized carbons (Fsp3) is 0.286. The van der Waals surface area contributed by atoms with Crippen LogP contribution in [0.25, 0.3) is 11.3 Å². The van der Waals surface area contributed by atoms with E-state index < -0.39 is 5.97 Å². The van der Waals surface area contributed by atoms with Gasteiger partial charge in [-0.2, -0.15) is 0 Å². The van der Waals surface area contributed by atoms with Crippen molar-refractivity contribution in [1.29, 1.82) is 0 Å². The molecule has 0 fully saturated rings. The van der Waals surface area contributed by atoms with Crippen LogP contribution in [-0.2, 0) is 11.2 Å². The van der Waals surface area contributed by atoms with E-state index in [1.807, 2.05) is 42.6 Å². The second-order valence-corrected chi connectivity index (χ2v) is 5.34. The van der Waals surface area contributed by atoms with Crippen molar-refractivity contribution in [3.63, 3.8) is 0 Å². The zero-order valence-corrected chi connectivity index (χ0v) is 11.0. The number of benzene rings is 1. The lowest BCUT2D eigenvalue weighted by Gasteiger charge is -2.04. The SMILES string of the molecule is CC(CC(=O)O)Cc1nc(-c2ccccc2)cs1. The number of hydrogen-bond donors (Lipinski definition) is 1. The molecule has 1 N–H and O–H groups in total. The van der Waals surface area contributed by atoms with E-state index in [0.29, 0.717) is 0 Å². The number of carboxylic acid groups (broad SMARTS) is 1. The van der Waals surface area contributed by atoms with Gasteiger partial charge in [0.05, 0.1) is 10.7 Å². The molecule has 0 aliphatic heterocycles. The average molecular weight is 261 g/mol. The maximum absolute atomic E-state index is 10.6. The van der Waals surface area contributed by atoms with Crippen LogP contribution in [0.5, 0.6) is 0 Å². The zero-order valence-electron chi connectivity index (χ0n) is 10.2. The number of aromatic nitrogens is 1. The summed E-state index contributed by atoms with van der Waals surface area (Å²) in [5.41, 5.74) is 2.07. The maximum atomic E-state index is 10.6. The Kier molecular flexibility index (Phi) is 4.10. The first-order valence-electron chi connectivity index (χ1n) is 5.87. The van der Waals surface area contributed by atoms with Crippen molar-refractivity contribution in [1.82, 2.24) is 4.98 Å². The molecule has 3 nitrogen and oxygen atoms in total. The highest BCUT2D eigenvalue weighted by Gasteiger charge is 2.11. The van der Waals surface area contributed by atoms with E-state index in [1.54, 1.807) is 11.3 Å². The highest BCUT2D eigenvalue weighted by molar-refractivity contribution is 7.09. The molecule has 1 atom stereocenters. The average Bonchev–Trinajstić information content (AvgIpc) is 2.77. The summed E-state index contributed by atoms with van der Waals surface area (Å²) >= 11 is 1.60. The monoisotopic (exact) mass is 261 g/mol. The van der Waals surface area contributed by atoms with Crippen LogP contribution in [0.3, 0.4) is 0 Å². The van der Waals surface area contributed by atoms with E-state index in [0.717, 1.165) is 22.7 Å². The van der Waals surface area contributed by atoms with E-state index in [1.165, 1.54) is 0 Å². The maximum Gasteiger partial charge on any atom is 0.303 e. The van der Waals surface area contributed by atoms with Crippen LogP contribution < -0.4 is 0 Å². The van der Waals surface area contributed by atoms with Crippen molar-refractivity contribution in [2.45, 2.75) is 19.8 Å². The third-order valence-electron chi connectivity index (χ3n) is 2.67. The van der Waals surface area contributed by atoms with Gasteiger partial charge < -0.3 is 5.11 Å². The van der Waals surface area contributed by atoms with Crippen LogP contribution in [0, 0.1) is 5.92 Å². The summed E-state index contributed by atoms with van der Waals surface area (Å²) in [6.07, 6.45) is 0.921. The molecule has 1 unspecified atom stereocenters. The number of hydrogen-bond acceptors (Lipinski definition) is 3. The smallest absolute Gasteiger partial charge is 0.303 e. The van der Waals surface area contributed by atoms with E-state index >= 15 is 0 Å². The topological polar surface area (TPSA) is 50.2 Å². The van der Waals surface area contributed by atoms with Gasteiger partial charge in [-0.15, -0.1) is 11.3 Å². The first-order chi connectivity index (χ1) is 8.65. The Balaban J connectivity index is 2.05. The van der Waals surface area contributed by atoms with Gasteiger partial charge in [0.2, 0.25) is 0 Å². The van der Waals surface area contributed by atoms with Crippen LogP contribution in [0.1, 0.15) is 18.4 Å². The summed E-state index contributed by atoms with van der Waals surface area (Å²) in [5, 5.41) is 11.8.